The number of guanidine groups is 1. The number of para-hydroxylation sites is 1. The standard InChI is InChI=1S/C24H31N3O6S/c1-23(2,3)33-22(28)25-21-26-24(17-34(29,30)27(21)4,19-13-9-10-14-20(19)31-5)16-32-15-18-11-7-6-8-12-18/h6-14H,15-17H2,1-5H3,(H,25,26,28)/t24-/m0/s1. The summed E-state index contributed by atoms with van der Waals surface area (Å²) in [7, 11) is -1.03. The molecule has 10 heteroatoms. The molecule has 1 aliphatic rings. The van der Waals surface area contributed by atoms with E-state index in [1.54, 1.807) is 45.0 Å². The zero-order chi connectivity index (χ0) is 25.0. The maximum absolute atomic E-state index is 13.2. The number of rotatable bonds is 6. The SMILES string of the molecule is COc1ccccc1[C@]1(COCc2ccccc2)CS(=O)(=O)N(C)/C(=N/C(=O)OC(C)(C)C)N1. The summed E-state index contributed by atoms with van der Waals surface area (Å²) in [4.78, 5) is 16.4. The predicted molar refractivity (Wildman–Crippen MR) is 129 cm³/mol. The minimum Gasteiger partial charge on any atom is -0.496 e. The zero-order valence-corrected chi connectivity index (χ0v) is 20.9. The molecule has 0 radical (unpaired) electrons. The van der Waals surface area contributed by atoms with Crippen LogP contribution in [0.15, 0.2) is 59.6 Å². The van der Waals surface area contributed by atoms with Gasteiger partial charge in [0.1, 0.15) is 16.9 Å². The Hall–Kier alpha value is -3.11. The van der Waals surface area contributed by atoms with E-state index in [1.165, 1.54) is 14.2 Å². The van der Waals surface area contributed by atoms with Gasteiger partial charge in [-0.05, 0) is 32.4 Å². The molecule has 1 heterocycles. The Bertz CT molecular complexity index is 1140. The highest BCUT2D eigenvalue weighted by atomic mass is 32.2. The first-order valence-electron chi connectivity index (χ1n) is 10.8. The summed E-state index contributed by atoms with van der Waals surface area (Å²) in [5.74, 6) is -0.0108. The van der Waals surface area contributed by atoms with E-state index in [0.717, 1.165) is 9.87 Å². The topological polar surface area (TPSA) is 107 Å². The van der Waals surface area contributed by atoms with E-state index in [0.29, 0.717) is 11.3 Å². The highest BCUT2D eigenvalue weighted by molar-refractivity contribution is 7.89. The van der Waals surface area contributed by atoms with Gasteiger partial charge in [0.05, 0.1) is 26.1 Å². The molecule has 0 aliphatic carbocycles. The van der Waals surface area contributed by atoms with Crippen LogP contribution >= 0.6 is 0 Å². The molecule has 3 rings (SSSR count). The Morgan fingerprint density at radius 1 is 1.12 bits per heavy atom. The van der Waals surface area contributed by atoms with Crippen LogP contribution in [0.4, 0.5) is 4.79 Å². The number of hydrogen-bond acceptors (Lipinski definition) is 6. The van der Waals surface area contributed by atoms with Crippen LogP contribution in [-0.4, -0.2) is 56.9 Å². The molecule has 0 aromatic heterocycles. The normalized spacial score (nSPS) is 21.1. The maximum Gasteiger partial charge on any atom is 0.437 e. The fourth-order valence-electron chi connectivity index (χ4n) is 3.60. The highest BCUT2D eigenvalue weighted by Crippen LogP contribution is 2.35. The van der Waals surface area contributed by atoms with Gasteiger partial charge in [-0.2, -0.15) is 0 Å². The first-order chi connectivity index (χ1) is 16.0. The predicted octanol–water partition coefficient (Wildman–Crippen LogP) is 3.26. The van der Waals surface area contributed by atoms with Crippen molar-refractivity contribution in [3.05, 3.63) is 65.7 Å². The molecule has 184 valence electrons. The van der Waals surface area contributed by atoms with Crippen LogP contribution < -0.4 is 10.1 Å². The molecular weight excluding hydrogens is 458 g/mol. The number of carbonyl (C=O) groups excluding carboxylic acids is 1. The van der Waals surface area contributed by atoms with Crippen LogP contribution in [0.2, 0.25) is 0 Å². The molecule has 0 unspecified atom stereocenters. The highest BCUT2D eigenvalue weighted by Gasteiger charge is 2.47. The molecule has 9 nitrogen and oxygen atoms in total. The summed E-state index contributed by atoms with van der Waals surface area (Å²) in [6.45, 7) is 5.36. The molecule has 0 spiro atoms. The molecule has 0 bridgehead atoms. The minimum absolute atomic E-state index is 0.0251. The molecule has 2 aromatic rings. The third-order valence-corrected chi connectivity index (χ3v) is 7.03. The lowest BCUT2D eigenvalue weighted by Crippen LogP contribution is -2.64. The average Bonchev–Trinajstić information content (AvgIpc) is 2.76. The van der Waals surface area contributed by atoms with Crippen molar-refractivity contribution in [2.45, 2.75) is 38.5 Å². The third kappa shape index (κ3) is 6.06. The number of carbonyl (C=O) groups is 1. The van der Waals surface area contributed by atoms with Gasteiger partial charge in [0, 0.05) is 12.6 Å². The smallest absolute Gasteiger partial charge is 0.437 e. The van der Waals surface area contributed by atoms with Crippen molar-refractivity contribution < 1.29 is 27.4 Å². The maximum atomic E-state index is 13.2. The first kappa shape index (κ1) is 25.5. The largest absolute Gasteiger partial charge is 0.496 e. The number of nitrogens with zero attached hydrogens (tertiary/aromatic N) is 2. The summed E-state index contributed by atoms with van der Waals surface area (Å²) in [5, 5.41) is 3.16. The molecule has 0 saturated carbocycles. The lowest BCUT2D eigenvalue weighted by Gasteiger charge is -2.43. The van der Waals surface area contributed by atoms with Gasteiger partial charge < -0.3 is 19.5 Å². The van der Waals surface area contributed by atoms with Gasteiger partial charge in [-0.15, -0.1) is 4.99 Å². The van der Waals surface area contributed by atoms with E-state index in [-0.39, 0.29) is 24.9 Å². The Morgan fingerprint density at radius 2 is 1.76 bits per heavy atom. The third-order valence-electron chi connectivity index (χ3n) is 5.17. The first-order valence-corrected chi connectivity index (χ1v) is 12.4. The van der Waals surface area contributed by atoms with E-state index in [4.69, 9.17) is 14.2 Å². The summed E-state index contributed by atoms with van der Waals surface area (Å²) in [6.07, 6.45) is -0.905. The summed E-state index contributed by atoms with van der Waals surface area (Å²) >= 11 is 0. The molecule has 1 fully saturated rings. The van der Waals surface area contributed by atoms with Crippen LogP contribution in [-0.2, 0) is 31.6 Å². The van der Waals surface area contributed by atoms with E-state index in [1.807, 2.05) is 30.3 Å². The van der Waals surface area contributed by atoms with E-state index in [9.17, 15) is 13.2 Å². The number of ether oxygens (including phenoxy) is 3. The Morgan fingerprint density at radius 3 is 2.41 bits per heavy atom. The van der Waals surface area contributed by atoms with Crippen molar-refractivity contribution in [2.75, 3.05) is 26.5 Å². The second-order valence-electron chi connectivity index (χ2n) is 9.03. The molecule has 2 aromatic carbocycles. The fourth-order valence-corrected chi connectivity index (χ4v) is 5.07. The van der Waals surface area contributed by atoms with E-state index in [2.05, 4.69) is 10.3 Å². The van der Waals surface area contributed by atoms with Gasteiger partial charge in [0.2, 0.25) is 16.0 Å². The van der Waals surface area contributed by atoms with Gasteiger partial charge in [0.25, 0.3) is 0 Å². The van der Waals surface area contributed by atoms with Crippen molar-refractivity contribution in [3.8, 4) is 5.75 Å². The Kier molecular flexibility index (Phi) is 7.52. The molecule has 1 N–H and O–H groups in total. The molecule has 1 aliphatic heterocycles. The van der Waals surface area contributed by atoms with Gasteiger partial charge >= 0.3 is 6.09 Å². The number of amides is 1. The monoisotopic (exact) mass is 489 g/mol. The summed E-state index contributed by atoms with van der Waals surface area (Å²) in [5.41, 5.74) is -0.547. The van der Waals surface area contributed by atoms with Gasteiger partial charge in [-0.3, -0.25) is 0 Å². The van der Waals surface area contributed by atoms with Crippen LogP contribution in [0.3, 0.4) is 0 Å². The van der Waals surface area contributed by atoms with Gasteiger partial charge in [0.15, 0.2) is 0 Å². The molecule has 1 atom stereocenters. The fraction of sp³-hybridized carbons (Fsp3) is 0.417. The number of methoxy groups -OCH3 is 1. The van der Waals surface area contributed by atoms with Gasteiger partial charge in [-0.25, -0.2) is 17.5 Å². The number of hydrogen-bond donors (Lipinski definition) is 1. The Balaban J connectivity index is 2.03. The van der Waals surface area contributed by atoms with Crippen molar-refractivity contribution >= 4 is 22.1 Å². The van der Waals surface area contributed by atoms with E-state index >= 15 is 0 Å². The van der Waals surface area contributed by atoms with Crippen LogP contribution in [0, 0.1) is 0 Å². The number of benzene rings is 2. The van der Waals surface area contributed by atoms with Crippen molar-refractivity contribution in [1.29, 1.82) is 0 Å². The van der Waals surface area contributed by atoms with Crippen molar-refractivity contribution in [2.24, 2.45) is 4.99 Å². The van der Waals surface area contributed by atoms with Crippen molar-refractivity contribution in [1.82, 2.24) is 9.62 Å². The molecule has 34 heavy (non-hydrogen) atoms. The lowest BCUT2D eigenvalue weighted by molar-refractivity contribution is 0.0591. The molecular formula is C24H31N3O6S. The van der Waals surface area contributed by atoms with Crippen LogP contribution in [0.5, 0.6) is 5.75 Å². The number of sulfonamides is 1. The van der Waals surface area contributed by atoms with E-state index < -0.39 is 27.3 Å². The Labute approximate surface area is 200 Å². The van der Waals surface area contributed by atoms with Gasteiger partial charge in [-0.1, -0.05) is 48.5 Å². The molecule has 1 amide bonds. The zero-order valence-electron chi connectivity index (χ0n) is 20.1. The second kappa shape index (κ2) is 10.0. The minimum atomic E-state index is -3.88. The number of aliphatic imine (C=N–C) groups is 1. The summed E-state index contributed by atoms with van der Waals surface area (Å²) < 4.78 is 44.2. The average molecular weight is 490 g/mol. The summed E-state index contributed by atoms with van der Waals surface area (Å²) in [6, 6.07) is 16.6. The van der Waals surface area contributed by atoms with Crippen LogP contribution in [0.1, 0.15) is 31.9 Å². The lowest BCUT2D eigenvalue weighted by atomic mass is 9.91. The molecule has 1 saturated heterocycles. The van der Waals surface area contributed by atoms with Crippen molar-refractivity contribution in [3.63, 3.8) is 0 Å². The second-order valence-corrected chi connectivity index (χ2v) is 11.0. The number of nitrogens with one attached hydrogen (secondary N) is 1. The van der Waals surface area contributed by atoms with Crippen LogP contribution in [0.25, 0.3) is 0 Å². The quantitative estimate of drug-likeness (QED) is 0.664.